The van der Waals surface area contributed by atoms with E-state index in [1.54, 1.807) is 4.90 Å². The third-order valence-corrected chi connectivity index (χ3v) is 5.12. The molecule has 0 saturated carbocycles. The lowest BCUT2D eigenvalue weighted by Crippen LogP contribution is -2.46. The maximum Gasteiger partial charge on any atom is 0.267 e. The van der Waals surface area contributed by atoms with E-state index in [1.165, 1.54) is 7.05 Å². The molecule has 1 unspecified atom stereocenters. The number of rotatable bonds is 4. The molecule has 0 aliphatic carbocycles. The number of hydrogen-bond donors (Lipinski definition) is 0. The van der Waals surface area contributed by atoms with E-state index in [9.17, 15) is 13.2 Å². The number of aryl methyl sites for hydroxylation is 1. The molecule has 0 bridgehead atoms. The zero-order chi connectivity index (χ0) is 14.8. The molecule has 9 heteroatoms. The van der Waals surface area contributed by atoms with E-state index in [0.29, 0.717) is 6.54 Å². The molecule has 0 N–H and O–H groups in total. The van der Waals surface area contributed by atoms with Crippen LogP contribution in [0.25, 0.3) is 0 Å². The number of sulfone groups is 1. The number of likely N-dealkylation sites (tertiary alicyclic amines) is 1. The van der Waals surface area contributed by atoms with E-state index in [1.807, 2.05) is 6.92 Å². The van der Waals surface area contributed by atoms with Gasteiger partial charge in [-0.15, -0.1) is 0 Å². The highest BCUT2D eigenvalue weighted by Crippen LogP contribution is 2.20. The number of piperidine rings is 1. The van der Waals surface area contributed by atoms with Gasteiger partial charge < -0.3 is 4.90 Å². The lowest BCUT2D eigenvalue weighted by atomic mass is 10.0. The van der Waals surface area contributed by atoms with Crippen molar-refractivity contribution < 1.29 is 13.2 Å². The summed E-state index contributed by atoms with van der Waals surface area (Å²) in [7, 11) is -2.35. The quantitative estimate of drug-likeness (QED) is 0.762. The van der Waals surface area contributed by atoms with Crippen LogP contribution in [0.5, 0.6) is 0 Å². The van der Waals surface area contributed by atoms with Crippen molar-refractivity contribution in [2.45, 2.75) is 43.8 Å². The second-order valence-electron chi connectivity index (χ2n) is 4.99. The highest BCUT2D eigenvalue weighted by Gasteiger charge is 2.31. The second kappa shape index (κ2) is 5.86. The normalized spacial score (nSPS) is 20.1. The molecule has 1 atom stereocenters. The van der Waals surface area contributed by atoms with E-state index in [2.05, 4.69) is 15.5 Å². The summed E-state index contributed by atoms with van der Waals surface area (Å²) in [6, 6.07) is 0.143. The SMILES string of the molecule is CCC1CCCCN1C(=O)CS(=O)(=O)c1nnnn1C. The van der Waals surface area contributed by atoms with E-state index in [0.717, 1.165) is 30.4 Å². The van der Waals surface area contributed by atoms with Gasteiger partial charge in [0.05, 0.1) is 0 Å². The van der Waals surface area contributed by atoms with Gasteiger partial charge in [0.2, 0.25) is 15.7 Å². The molecule has 112 valence electrons. The van der Waals surface area contributed by atoms with Crippen molar-refractivity contribution >= 4 is 15.7 Å². The average molecular weight is 301 g/mol. The van der Waals surface area contributed by atoms with Crippen LogP contribution < -0.4 is 0 Å². The molecule has 1 amide bonds. The Hall–Kier alpha value is -1.51. The molecule has 20 heavy (non-hydrogen) atoms. The van der Waals surface area contributed by atoms with Crippen molar-refractivity contribution in [1.82, 2.24) is 25.1 Å². The first-order valence-electron chi connectivity index (χ1n) is 6.70. The summed E-state index contributed by atoms with van der Waals surface area (Å²) in [5.41, 5.74) is 0. The van der Waals surface area contributed by atoms with Gasteiger partial charge in [-0.05, 0) is 36.1 Å². The van der Waals surface area contributed by atoms with Crippen molar-refractivity contribution in [2.24, 2.45) is 7.05 Å². The van der Waals surface area contributed by atoms with Crippen LogP contribution in [0.1, 0.15) is 32.6 Å². The van der Waals surface area contributed by atoms with Gasteiger partial charge in [0.1, 0.15) is 5.75 Å². The number of nitrogens with zero attached hydrogens (tertiary/aromatic N) is 5. The molecule has 2 rings (SSSR count). The number of amides is 1. The summed E-state index contributed by atoms with van der Waals surface area (Å²) in [4.78, 5) is 13.9. The van der Waals surface area contributed by atoms with Gasteiger partial charge >= 0.3 is 0 Å². The third kappa shape index (κ3) is 2.97. The minimum absolute atomic E-state index is 0.143. The van der Waals surface area contributed by atoms with Gasteiger partial charge in [0.25, 0.3) is 5.16 Å². The predicted octanol–water partition coefficient (Wildman–Crippen LogP) is -0.225. The summed E-state index contributed by atoms with van der Waals surface area (Å²) >= 11 is 0. The molecular formula is C11H19N5O3S. The molecule has 1 aliphatic heterocycles. The number of carbonyl (C=O) groups excluding carboxylic acids is 1. The summed E-state index contributed by atoms with van der Waals surface area (Å²) in [6.45, 7) is 2.64. The van der Waals surface area contributed by atoms with Gasteiger partial charge in [0, 0.05) is 19.6 Å². The Labute approximate surface area is 118 Å². The minimum atomic E-state index is -3.79. The van der Waals surface area contributed by atoms with Crippen LogP contribution in [0.3, 0.4) is 0 Å². The van der Waals surface area contributed by atoms with Gasteiger partial charge in [-0.3, -0.25) is 4.79 Å². The fourth-order valence-corrected chi connectivity index (χ4v) is 3.77. The van der Waals surface area contributed by atoms with Gasteiger partial charge in [-0.2, -0.15) is 0 Å². The van der Waals surface area contributed by atoms with Crippen molar-refractivity contribution in [1.29, 1.82) is 0 Å². The van der Waals surface area contributed by atoms with Crippen LogP contribution in [0.2, 0.25) is 0 Å². The zero-order valence-corrected chi connectivity index (χ0v) is 12.5. The van der Waals surface area contributed by atoms with Crippen molar-refractivity contribution in [3.8, 4) is 0 Å². The highest BCUT2D eigenvalue weighted by molar-refractivity contribution is 7.91. The number of carbonyl (C=O) groups is 1. The highest BCUT2D eigenvalue weighted by atomic mass is 32.2. The topological polar surface area (TPSA) is 98.1 Å². The number of tetrazole rings is 1. The molecule has 0 radical (unpaired) electrons. The molecule has 0 spiro atoms. The first-order chi connectivity index (χ1) is 9.45. The Kier molecular flexibility index (Phi) is 4.36. The molecule has 2 heterocycles. The first-order valence-corrected chi connectivity index (χ1v) is 8.35. The Bertz CT molecular complexity index is 583. The Morgan fingerprint density at radius 1 is 1.40 bits per heavy atom. The Morgan fingerprint density at radius 2 is 2.15 bits per heavy atom. The summed E-state index contributed by atoms with van der Waals surface area (Å²) in [5, 5.41) is 9.98. The molecule has 1 aromatic heterocycles. The van der Waals surface area contributed by atoms with Crippen LogP contribution in [-0.4, -0.2) is 57.8 Å². The monoisotopic (exact) mass is 301 g/mol. The molecule has 0 aromatic carbocycles. The molecule has 8 nitrogen and oxygen atoms in total. The lowest BCUT2D eigenvalue weighted by Gasteiger charge is -2.35. The maximum absolute atomic E-state index is 12.3. The van der Waals surface area contributed by atoms with E-state index >= 15 is 0 Å². The average Bonchev–Trinajstić information content (AvgIpc) is 2.85. The second-order valence-corrected chi connectivity index (χ2v) is 6.87. The summed E-state index contributed by atoms with van der Waals surface area (Å²) in [5.74, 6) is -0.933. The van der Waals surface area contributed by atoms with Crippen molar-refractivity contribution in [3.63, 3.8) is 0 Å². The van der Waals surface area contributed by atoms with Crippen LogP contribution in [0.15, 0.2) is 5.16 Å². The van der Waals surface area contributed by atoms with Crippen LogP contribution >= 0.6 is 0 Å². The Balaban J connectivity index is 2.13. The number of hydrogen-bond acceptors (Lipinski definition) is 6. The minimum Gasteiger partial charge on any atom is -0.339 e. The molecule has 1 saturated heterocycles. The molecular weight excluding hydrogens is 282 g/mol. The number of aromatic nitrogens is 4. The van der Waals surface area contributed by atoms with Gasteiger partial charge in [0.15, 0.2) is 0 Å². The predicted molar refractivity (Wildman–Crippen MR) is 70.5 cm³/mol. The fraction of sp³-hybridized carbons (Fsp3) is 0.818. The molecule has 1 aromatic rings. The van der Waals surface area contributed by atoms with Crippen LogP contribution in [0, 0.1) is 0 Å². The van der Waals surface area contributed by atoms with E-state index in [4.69, 9.17) is 0 Å². The largest absolute Gasteiger partial charge is 0.339 e. The molecule has 1 aliphatic rings. The first kappa shape index (κ1) is 14.9. The standard InChI is InChI=1S/C11H19N5O3S/c1-3-9-6-4-5-7-16(9)10(17)8-20(18,19)11-12-13-14-15(11)2/h9H,3-8H2,1-2H3. The van der Waals surface area contributed by atoms with E-state index in [-0.39, 0.29) is 17.1 Å². The smallest absolute Gasteiger partial charge is 0.267 e. The zero-order valence-electron chi connectivity index (χ0n) is 11.7. The summed E-state index contributed by atoms with van der Waals surface area (Å²) < 4.78 is 25.4. The van der Waals surface area contributed by atoms with Crippen molar-refractivity contribution in [2.75, 3.05) is 12.3 Å². The third-order valence-electron chi connectivity index (χ3n) is 3.59. The summed E-state index contributed by atoms with van der Waals surface area (Å²) in [6.07, 6.45) is 3.79. The van der Waals surface area contributed by atoms with Crippen LogP contribution in [0.4, 0.5) is 0 Å². The fourth-order valence-electron chi connectivity index (χ4n) is 2.55. The van der Waals surface area contributed by atoms with Crippen molar-refractivity contribution in [3.05, 3.63) is 0 Å². The Morgan fingerprint density at radius 3 is 2.75 bits per heavy atom. The van der Waals surface area contributed by atoms with E-state index < -0.39 is 15.6 Å². The van der Waals surface area contributed by atoms with Crippen LogP contribution in [-0.2, 0) is 21.7 Å². The molecule has 1 fully saturated rings. The van der Waals surface area contributed by atoms with Gasteiger partial charge in [-0.1, -0.05) is 12.0 Å². The lowest BCUT2D eigenvalue weighted by molar-refractivity contribution is -0.132. The van der Waals surface area contributed by atoms with Gasteiger partial charge in [-0.25, -0.2) is 13.1 Å². The maximum atomic E-state index is 12.3.